The Kier molecular flexibility index (Phi) is 5.70. The lowest BCUT2D eigenvalue weighted by atomic mass is 10.1. The molecular formula is C21H19ClN2O4. The van der Waals surface area contributed by atoms with Gasteiger partial charge in [0.15, 0.2) is 5.76 Å². The minimum Gasteiger partial charge on any atom is -0.495 e. The molecule has 7 heteroatoms. The summed E-state index contributed by atoms with van der Waals surface area (Å²) in [4.78, 5) is 24.9. The summed E-state index contributed by atoms with van der Waals surface area (Å²) in [5.41, 5.74) is 3.05. The molecule has 0 radical (unpaired) electrons. The summed E-state index contributed by atoms with van der Waals surface area (Å²) in [7, 11) is 1.50. The van der Waals surface area contributed by atoms with Crippen molar-refractivity contribution in [3.8, 4) is 5.75 Å². The smallest absolute Gasteiger partial charge is 0.291 e. The number of halogens is 1. The number of ether oxygens (including phenoxy) is 1. The van der Waals surface area contributed by atoms with Crippen molar-refractivity contribution in [2.45, 2.75) is 13.8 Å². The highest BCUT2D eigenvalue weighted by Gasteiger charge is 2.15. The van der Waals surface area contributed by atoms with Gasteiger partial charge in [-0.3, -0.25) is 9.59 Å². The number of anilines is 2. The van der Waals surface area contributed by atoms with Crippen molar-refractivity contribution >= 4 is 34.8 Å². The van der Waals surface area contributed by atoms with Crippen LogP contribution < -0.4 is 15.4 Å². The molecule has 0 spiro atoms. The standard InChI is InChI=1S/C21H19ClN2O4/c1-12-6-7-14(10-16(12)23-21(26)18-5-4-8-28-18)20(25)24-17-9-13(2)15(22)11-19(17)27-3/h4-11H,1-3H3,(H,23,26)(H,24,25). The molecule has 0 aliphatic rings. The Bertz CT molecular complexity index is 1030. The fourth-order valence-electron chi connectivity index (χ4n) is 2.61. The lowest BCUT2D eigenvalue weighted by Crippen LogP contribution is -2.15. The second-order valence-electron chi connectivity index (χ2n) is 6.22. The van der Waals surface area contributed by atoms with E-state index in [1.165, 1.54) is 13.4 Å². The van der Waals surface area contributed by atoms with Crippen LogP contribution in [0.3, 0.4) is 0 Å². The van der Waals surface area contributed by atoms with Crippen LogP contribution in [0.25, 0.3) is 0 Å². The molecule has 0 fully saturated rings. The summed E-state index contributed by atoms with van der Waals surface area (Å²) in [5, 5.41) is 6.12. The van der Waals surface area contributed by atoms with Gasteiger partial charge in [0, 0.05) is 22.3 Å². The number of nitrogens with one attached hydrogen (secondary N) is 2. The fourth-order valence-corrected chi connectivity index (χ4v) is 2.77. The number of hydrogen-bond donors (Lipinski definition) is 2. The van der Waals surface area contributed by atoms with Gasteiger partial charge in [-0.25, -0.2) is 0 Å². The van der Waals surface area contributed by atoms with Crippen molar-refractivity contribution in [1.82, 2.24) is 0 Å². The quantitative estimate of drug-likeness (QED) is 0.629. The summed E-state index contributed by atoms with van der Waals surface area (Å²) >= 11 is 6.11. The van der Waals surface area contributed by atoms with Crippen LogP contribution in [0.5, 0.6) is 5.75 Å². The van der Waals surface area contributed by atoms with Crippen molar-refractivity contribution in [3.63, 3.8) is 0 Å². The predicted octanol–water partition coefficient (Wildman–Crippen LogP) is 5.06. The molecule has 2 N–H and O–H groups in total. The van der Waals surface area contributed by atoms with E-state index in [1.54, 1.807) is 42.5 Å². The first-order valence-corrected chi connectivity index (χ1v) is 8.88. The van der Waals surface area contributed by atoms with Crippen LogP contribution in [-0.4, -0.2) is 18.9 Å². The van der Waals surface area contributed by atoms with Gasteiger partial charge in [-0.2, -0.15) is 0 Å². The first-order valence-electron chi connectivity index (χ1n) is 8.50. The van der Waals surface area contributed by atoms with E-state index in [0.717, 1.165) is 11.1 Å². The molecule has 0 aliphatic heterocycles. The Balaban J connectivity index is 1.83. The van der Waals surface area contributed by atoms with Crippen molar-refractivity contribution in [3.05, 3.63) is 76.2 Å². The molecule has 28 heavy (non-hydrogen) atoms. The molecule has 6 nitrogen and oxygen atoms in total. The third-order valence-electron chi connectivity index (χ3n) is 4.22. The molecule has 2 aromatic carbocycles. The van der Waals surface area contributed by atoms with Gasteiger partial charge in [-0.05, 0) is 55.3 Å². The molecule has 144 valence electrons. The summed E-state index contributed by atoms with van der Waals surface area (Å²) in [6, 6.07) is 11.6. The first-order chi connectivity index (χ1) is 13.4. The van der Waals surface area contributed by atoms with Crippen LogP contribution in [-0.2, 0) is 0 Å². The monoisotopic (exact) mass is 398 g/mol. The Morgan fingerprint density at radius 3 is 2.39 bits per heavy atom. The number of rotatable bonds is 5. The molecule has 0 saturated carbocycles. The van der Waals surface area contributed by atoms with E-state index in [2.05, 4.69) is 10.6 Å². The topological polar surface area (TPSA) is 80.6 Å². The lowest BCUT2D eigenvalue weighted by molar-refractivity contribution is 0.0993. The largest absolute Gasteiger partial charge is 0.495 e. The third kappa shape index (κ3) is 4.18. The predicted molar refractivity (Wildman–Crippen MR) is 109 cm³/mol. The molecule has 0 atom stereocenters. The average Bonchev–Trinajstić information content (AvgIpc) is 3.21. The Morgan fingerprint density at radius 1 is 0.964 bits per heavy atom. The average molecular weight is 399 g/mol. The second kappa shape index (κ2) is 8.19. The van der Waals surface area contributed by atoms with E-state index >= 15 is 0 Å². The molecule has 0 saturated heterocycles. The number of carbonyl (C=O) groups is 2. The van der Waals surface area contributed by atoms with Crippen molar-refractivity contribution < 1.29 is 18.7 Å². The van der Waals surface area contributed by atoms with Crippen molar-refractivity contribution in [2.75, 3.05) is 17.7 Å². The highest BCUT2D eigenvalue weighted by Crippen LogP contribution is 2.31. The summed E-state index contributed by atoms with van der Waals surface area (Å²) in [5.74, 6) is -0.0767. The zero-order valence-corrected chi connectivity index (χ0v) is 16.4. The number of methoxy groups -OCH3 is 1. The number of amides is 2. The van der Waals surface area contributed by atoms with Gasteiger partial charge in [0.25, 0.3) is 11.8 Å². The van der Waals surface area contributed by atoms with Gasteiger partial charge in [-0.1, -0.05) is 17.7 Å². The van der Waals surface area contributed by atoms with Crippen LogP contribution >= 0.6 is 11.6 Å². The maximum absolute atomic E-state index is 12.7. The summed E-state index contributed by atoms with van der Waals surface area (Å²) in [6.07, 6.45) is 1.42. The molecule has 1 heterocycles. The maximum atomic E-state index is 12.7. The van der Waals surface area contributed by atoms with E-state index in [4.69, 9.17) is 20.8 Å². The van der Waals surface area contributed by atoms with Crippen molar-refractivity contribution in [1.29, 1.82) is 0 Å². The SMILES string of the molecule is COc1cc(Cl)c(C)cc1NC(=O)c1ccc(C)c(NC(=O)c2ccco2)c1. The van der Waals surface area contributed by atoms with Crippen LogP contribution in [0, 0.1) is 13.8 Å². The van der Waals surface area contributed by atoms with Gasteiger partial charge < -0.3 is 19.8 Å². The number of benzene rings is 2. The zero-order chi connectivity index (χ0) is 20.3. The zero-order valence-electron chi connectivity index (χ0n) is 15.6. The Hall–Kier alpha value is -3.25. The first kappa shape index (κ1) is 19.5. The number of aryl methyl sites for hydroxylation is 2. The van der Waals surface area contributed by atoms with Gasteiger partial charge in [0.1, 0.15) is 5.75 Å². The van der Waals surface area contributed by atoms with Gasteiger partial charge >= 0.3 is 0 Å². The number of hydrogen-bond acceptors (Lipinski definition) is 4. The second-order valence-corrected chi connectivity index (χ2v) is 6.62. The fraction of sp³-hybridized carbons (Fsp3) is 0.143. The van der Waals surface area contributed by atoms with Gasteiger partial charge in [-0.15, -0.1) is 0 Å². The molecule has 1 aromatic heterocycles. The molecule has 2 amide bonds. The molecule has 0 unspecified atom stereocenters. The van der Waals surface area contributed by atoms with E-state index in [1.807, 2.05) is 13.8 Å². The molecule has 0 bridgehead atoms. The van der Waals surface area contributed by atoms with Crippen molar-refractivity contribution in [2.24, 2.45) is 0 Å². The molecular weight excluding hydrogens is 380 g/mol. The summed E-state index contributed by atoms with van der Waals surface area (Å²) < 4.78 is 10.4. The maximum Gasteiger partial charge on any atom is 0.291 e. The Morgan fingerprint density at radius 2 is 1.71 bits per heavy atom. The molecule has 3 aromatic rings. The molecule has 3 rings (SSSR count). The van der Waals surface area contributed by atoms with E-state index in [-0.39, 0.29) is 17.6 Å². The van der Waals surface area contributed by atoms with Crippen LogP contribution in [0.1, 0.15) is 32.0 Å². The number of carbonyl (C=O) groups excluding carboxylic acids is 2. The lowest BCUT2D eigenvalue weighted by Gasteiger charge is -2.13. The Labute approximate surface area is 167 Å². The van der Waals surface area contributed by atoms with Crippen LogP contribution in [0.4, 0.5) is 11.4 Å². The van der Waals surface area contributed by atoms with Crippen LogP contribution in [0.15, 0.2) is 53.1 Å². The van der Waals surface area contributed by atoms with E-state index in [0.29, 0.717) is 27.7 Å². The minimum absolute atomic E-state index is 0.190. The van der Waals surface area contributed by atoms with Gasteiger partial charge in [0.05, 0.1) is 19.1 Å². The minimum atomic E-state index is -0.388. The highest BCUT2D eigenvalue weighted by atomic mass is 35.5. The van der Waals surface area contributed by atoms with Gasteiger partial charge in [0.2, 0.25) is 0 Å². The van der Waals surface area contributed by atoms with E-state index in [9.17, 15) is 9.59 Å². The highest BCUT2D eigenvalue weighted by molar-refractivity contribution is 6.31. The number of furan rings is 1. The normalized spacial score (nSPS) is 10.4. The third-order valence-corrected chi connectivity index (χ3v) is 4.63. The van der Waals surface area contributed by atoms with E-state index < -0.39 is 0 Å². The summed E-state index contributed by atoms with van der Waals surface area (Å²) in [6.45, 7) is 3.68. The molecule has 0 aliphatic carbocycles. The van der Waals surface area contributed by atoms with Crippen LogP contribution in [0.2, 0.25) is 5.02 Å².